The van der Waals surface area contributed by atoms with Crippen molar-refractivity contribution in [2.24, 2.45) is 16.7 Å². The molecule has 122 valence electrons. The summed E-state index contributed by atoms with van der Waals surface area (Å²) in [7, 11) is 0. The molecule has 1 aliphatic rings. The molecule has 4 nitrogen and oxygen atoms in total. The normalized spacial score (nSPS) is 23.3. The summed E-state index contributed by atoms with van der Waals surface area (Å²) in [6.45, 7) is 12.9. The molecule has 3 atom stereocenters. The van der Waals surface area contributed by atoms with Gasteiger partial charge in [0.2, 0.25) is 6.10 Å². The number of cyclic esters (lactones) is 1. The van der Waals surface area contributed by atoms with Crippen LogP contribution in [0.25, 0.3) is 0 Å². The fourth-order valence-electron chi connectivity index (χ4n) is 2.71. The topological polar surface area (TPSA) is 52.6 Å². The van der Waals surface area contributed by atoms with E-state index in [9.17, 15) is 9.59 Å². The molecule has 0 radical (unpaired) electrons. The van der Waals surface area contributed by atoms with E-state index in [0.29, 0.717) is 18.9 Å². The van der Waals surface area contributed by atoms with Crippen LogP contribution < -0.4 is 0 Å². The van der Waals surface area contributed by atoms with Gasteiger partial charge in [0.05, 0.1) is 12.0 Å². The molecule has 1 heterocycles. The molecule has 1 fully saturated rings. The standard InChI is InChI=1S/C17H30O4/c1-7-12(3)11-17(6,16(4,5)8-2)15(19)21-13-9-10-20-14(13)18/h12-13H,7-11H2,1-6H3. The maximum atomic E-state index is 12.8. The minimum absolute atomic E-state index is 0.185. The molecule has 0 N–H and O–H groups in total. The van der Waals surface area contributed by atoms with E-state index >= 15 is 0 Å². The quantitative estimate of drug-likeness (QED) is 0.672. The summed E-state index contributed by atoms with van der Waals surface area (Å²) in [6.07, 6.45) is 2.42. The minimum Gasteiger partial charge on any atom is -0.463 e. The third kappa shape index (κ3) is 3.78. The van der Waals surface area contributed by atoms with Gasteiger partial charge in [-0.05, 0) is 31.1 Å². The maximum absolute atomic E-state index is 12.8. The summed E-state index contributed by atoms with van der Waals surface area (Å²) in [5.74, 6) is -0.244. The Morgan fingerprint density at radius 1 is 1.38 bits per heavy atom. The number of carbonyl (C=O) groups excluding carboxylic acids is 2. The van der Waals surface area contributed by atoms with Gasteiger partial charge in [0.25, 0.3) is 0 Å². The molecule has 1 saturated heterocycles. The van der Waals surface area contributed by atoms with Crippen LogP contribution in [0.4, 0.5) is 0 Å². The molecular weight excluding hydrogens is 268 g/mol. The fraction of sp³-hybridized carbons (Fsp3) is 0.882. The number of hydrogen-bond donors (Lipinski definition) is 0. The first-order valence-electron chi connectivity index (χ1n) is 8.05. The van der Waals surface area contributed by atoms with Crippen LogP contribution in [0, 0.1) is 16.7 Å². The lowest BCUT2D eigenvalue weighted by Gasteiger charge is -2.43. The Labute approximate surface area is 128 Å². The van der Waals surface area contributed by atoms with Gasteiger partial charge < -0.3 is 9.47 Å². The predicted molar refractivity (Wildman–Crippen MR) is 81.7 cm³/mol. The van der Waals surface area contributed by atoms with Crippen LogP contribution in [0.5, 0.6) is 0 Å². The van der Waals surface area contributed by atoms with Crippen LogP contribution in [-0.4, -0.2) is 24.6 Å². The lowest BCUT2D eigenvalue weighted by Crippen LogP contribution is -2.45. The maximum Gasteiger partial charge on any atom is 0.347 e. The summed E-state index contributed by atoms with van der Waals surface area (Å²) in [5, 5.41) is 0. The van der Waals surface area contributed by atoms with Crippen LogP contribution in [0.15, 0.2) is 0 Å². The van der Waals surface area contributed by atoms with Crippen molar-refractivity contribution >= 4 is 11.9 Å². The van der Waals surface area contributed by atoms with E-state index in [4.69, 9.17) is 9.47 Å². The van der Waals surface area contributed by atoms with Crippen molar-refractivity contribution < 1.29 is 19.1 Å². The van der Waals surface area contributed by atoms with Crippen molar-refractivity contribution in [3.05, 3.63) is 0 Å². The fourth-order valence-corrected chi connectivity index (χ4v) is 2.71. The van der Waals surface area contributed by atoms with Gasteiger partial charge in [-0.3, -0.25) is 4.79 Å². The summed E-state index contributed by atoms with van der Waals surface area (Å²) in [6, 6.07) is 0. The first-order valence-corrected chi connectivity index (χ1v) is 8.05. The molecule has 3 unspecified atom stereocenters. The van der Waals surface area contributed by atoms with Crippen LogP contribution in [-0.2, 0) is 19.1 Å². The van der Waals surface area contributed by atoms with E-state index in [1.54, 1.807) is 0 Å². The molecule has 0 bridgehead atoms. The molecule has 0 aliphatic carbocycles. The second kappa shape index (κ2) is 6.80. The molecule has 0 amide bonds. The van der Waals surface area contributed by atoms with Crippen LogP contribution >= 0.6 is 0 Å². The van der Waals surface area contributed by atoms with E-state index in [-0.39, 0.29) is 11.4 Å². The summed E-state index contributed by atoms with van der Waals surface area (Å²) in [5.41, 5.74) is -0.782. The van der Waals surface area contributed by atoms with Gasteiger partial charge in [0.15, 0.2) is 0 Å². The largest absolute Gasteiger partial charge is 0.463 e. The van der Waals surface area contributed by atoms with Gasteiger partial charge in [0, 0.05) is 6.42 Å². The highest BCUT2D eigenvalue weighted by molar-refractivity contribution is 5.83. The van der Waals surface area contributed by atoms with Gasteiger partial charge >= 0.3 is 11.9 Å². The first-order chi connectivity index (χ1) is 9.67. The van der Waals surface area contributed by atoms with E-state index in [1.807, 2.05) is 6.92 Å². The second-order valence-electron chi connectivity index (χ2n) is 7.14. The predicted octanol–water partition coefficient (Wildman–Crippen LogP) is 3.72. The third-order valence-corrected chi connectivity index (χ3v) is 5.42. The Balaban J connectivity index is 2.94. The van der Waals surface area contributed by atoms with Crippen LogP contribution in [0.3, 0.4) is 0 Å². The Bertz CT molecular complexity index is 388. The molecule has 0 aromatic rings. The highest BCUT2D eigenvalue weighted by Crippen LogP contribution is 2.47. The molecular formula is C17H30O4. The van der Waals surface area contributed by atoms with E-state index in [1.165, 1.54) is 0 Å². The number of ether oxygens (including phenoxy) is 2. The van der Waals surface area contributed by atoms with Gasteiger partial charge in [-0.1, -0.05) is 41.0 Å². The van der Waals surface area contributed by atoms with Crippen molar-refractivity contribution in [3.8, 4) is 0 Å². The number of rotatable bonds is 7. The monoisotopic (exact) mass is 298 g/mol. The highest BCUT2D eigenvalue weighted by atomic mass is 16.6. The average Bonchev–Trinajstić information content (AvgIpc) is 2.83. The lowest BCUT2D eigenvalue weighted by molar-refractivity contribution is -0.175. The second-order valence-corrected chi connectivity index (χ2v) is 7.14. The van der Waals surface area contributed by atoms with Gasteiger partial charge in [-0.15, -0.1) is 0 Å². The van der Waals surface area contributed by atoms with Crippen LogP contribution in [0.2, 0.25) is 0 Å². The van der Waals surface area contributed by atoms with Gasteiger partial charge in [0.1, 0.15) is 0 Å². The zero-order chi connectivity index (χ0) is 16.3. The van der Waals surface area contributed by atoms with E-state index in [0.717, 1.165) is 19.3 Å². The highest BCUT2D eigenvalue weighted by Gasteiger charge is 2.49. The first kappa shape index (κ1) is 18.0. The van der Waals surface area contributed by atoms with Crippen LogP contribution in [0.1, 0.15) is 67.2 Å². The molecule has 4 heteroatoms. The summed E-state index contributed by atoms with van der Waals surface area (Å²) < 4.78 is 10.4. The number of esters is 2. The number of carbonyl (C=O) groups is 2. The lowest BCUT2D eigenvalue weighted by atomic mass is 9.61. The Morgan fingerprint density at radius 2 is 2.00 bits per heavy atom. The van der Waals surface area contributed by atoms with Gasteiger partial charge in [-0.2, -0.15) is 0 Å². The molecule has 0 saturated carbocycles. The SMILES string of the molecule is CCC(C)CC(C)(C(=O)OC1CCOC1=O)C(C)(C)CC. The Kier molecular flexibility index (Phi) is 5.83. The average molecular weight is 298 g/mol. The molecule has 0 aromatic heterocycles. The Morgan fingerprint density at radius 3 is 2.43 bits per heavy atom. The van der Waals surface area contributed by atoms with E-state index in [2.05, 4.69) is 34.6 Å². The van der Waals surface area contributed by atoms with Crippen molar-refractivity contribution in [2.45, 2.75) is 73.3 Å². The number of hydrogen-bond acceptors (Lipinski definition) is 4. The van der Waals surface area contributed by atoms with Crippen molar-refractivity contribution in [2.75, 3.05) is 6.61 Å². The summed E-state index contributed by atoms with van der Waals surface area (Å²) >= 11 is 0. The van der Waals surface area contributed by atoms with E-state index < -0.39 is 17.5 Å². The molecule has 1 aliphatic heterocycles. The molecule has 0 aromatic carbocycles. The zero-order valence-electron chi connectivity index (χ0n) is 14.3. The smallest absolute Gasteiger partial charge is 0.347 e. The zero-order valence-corrected chi connectivity index (χ0v) is 14.3. The molecule has 0 spiro atoms. The third-order valence-electron chi connectivity index (χ3n) is 5.42. The molecule has 21 heavy (non-hydrogen) atoms. The Hall–Kier alpha value is -1.06. The summed E-state index contributed by atoms with van der Waals surface area (Å²) in [4.78, 5) is 24.3. The minimum atomic E-state index is -0.721. The van der Waals surface area contributed by atoms with Crippen molar-refractivity contribution in [1.29, 1.82) is 0 Å². The van der Waals surface area contributed by atoms with Crippen molar-refractivity contribution in [3.63, 3.8) is 0 Å². The van der Waals surface area contributed by atoms with Gasteiger partial charge in [-0.25, -0.2) is 4.79 Å². The molecule has 1 rings (SSSR count). The van der Waals surface area contributed by atoms with Crippen molar-refractivity contribution in [1.82, 2.24) is 0 Å².